The molecule has 6 heteroatoms. The third kappa shape index (κ3) is 2.03. The molecule has 0 saturated heterocycles. The van der Waals surface area contributed by atoms with Gasteiger partial charge in [0.15, 0.2) is 22.6 Å². The third-order valence-corrected chi connectivity index (χ3v) is 5.74. The highest BCUT2D eigenvalue weighted by molar-refractivity contribution is 7.31. The van der Waals surface area contributed by atoms with E-state index in [4.69, 9.17) is 7.85 Å². The molecule has 0 N–H and O–H groups in total. The smallest absolute Gasteiger partial charge is 0.188 e. The molecule has 2 heterocycles. The Kier molecular flexibility index (Phi) is 2.57. The number of hydrogen-bond acceptors (Lipinski definition) is 5. The van der Waals surface area contributed by atoms with E-state index < -0.39 is 0 Å². The van der Waals surface area contributed by atoms with Crippen molar-refractivity contribution < 1.29 is 0 Å². The number of anilines is 1. The number of nitrogens with zero attached hydrogens (tertiary/aromatic N) is 3. The predicted octanol–water partition coefficient (Wildman–Crippen LogP) is 2.26. The van der Waals surface area contributed by atoms with Crippen LogP contribution in [0.25, 0.3) is 9.66 Å². The van der Waals surface area contributed by atoms with Gasteiger partial charge >= 0.3 is 0 Å². The number of allylic oxidation sites excluding steroid dienone is 3. The van der Waals surface area contributed by atoms with Gasteiger partial charge in [0.25, 0.3) is 0 Å². The van der Waals surface area contributed by atoms with E-state index in [0.717, 1.165) is 21.2 Å². The lowest BCUT2D eigenvalue weighted by Crippen LogP contribution is -2.31. The summed E-state index contributed by atoms with van der Waals surface area (Å²) in [5.41, 5.74) is 1.51. The summed E-state index contributed by atoms with van der Waals surface area (Å²) in [4.78, 5) is 13.8. The van der Waals surface area contributed by atoms with Crippen molar-refractivity contribution in [1.29, 1.82) is 0 Å². The second kappa shape index (κ2) is 4.18. The van der Waals surface area contributed by atoms with Crippen LogP contribution < -0.4 is 9.81 Å². The van der Waals surface area contributed by atoms with Crippen molar-refractivity contribution in [2.45, 2.75) is 18.9 Å². The maximum Gasteiger partial charge on any atom is 0.188 e. The third-order valence-electron chi connectivity index (χ3n) is 3.79. The molecular weight excluding hydrogens is 273 g/mol. The largest absolute Gasteiger partial charge is 0.348 e. The minimum atomic E-state index is 0.523. The van der Waals surface area contributed by atoms with E-state index in [2.05, 4.69) is 40.1 Å². The van der Waals surface area contributed by atoms with Crippen LogP contribution in [0.4, 0.5) is 5.13 Å². The van der Waals surface area contributed by atoms with E-state index in [0.29, 0.717) is 16.9 Å². The normalized spacial score (nSPS) is 25.0. The van der Waals surface area contributed by atoms with E-state index in [1.807, 2.05) is 0 Å². The summed E-state index contributed by atoms with van der Waals surface area (Å²) >= 11 is 3.10. The Bertz CT molecular complexity index is 668. The summed E-state index contributed by atoms with van der Waals surface area (Å²) in [6.07, 6.45) is 9.18. The molecule has 2 aromatic rings. The Morgan fingerprint density at radius 3 is 3.00 bits per heavy atom. The van der Waals surface area contributed by atoms with Gasteiger partial charge < -0.3 is 4.90 Å². The topological polar surface area (TPSA) is 29.0 Å². The van der Waals surface area contributed by atoms with E-state index >= 15 is 0 Å². The molecule has 4 rings (SSSR count). The van der Waals surface area contributed by atoms with Crippen molar-refractivity contribution in [2.24, 2.45) is 5.92 Å². The fourth-order valence-electron chi connectivity index (χ4n) is 2.59. The van der Waals surface area contributed by atoms with Crippen LogP contribution in [0.5, 0.6) is 0 Å². The summed E-state index contributed by atoms with van der Waals surface area (Å²) in [6, 6.07) is 0.523. The van der Waals surface area contributed by atoms with Gasteiger partial charge in [-0.2, -0.15) is 0 Å². The Morgan fingerprint density at radius 2 is 2.16 bits per heavy atom. The van der Waals surface area contributed by atoms with Crippen LogP contribution in [0.2, 0.25) is 0 Å². The zero-order valence-electron chi connectivity index (χ0n) is 10.5. The van der Waals surface area contributed by atoms with Crippen LogP contribution in [0.3, 0.4) is 0 Å². The first kappa shape index (κ1) is 11.7. The van der Waals surface area contributed by atoms with Crippen LogP contribution in [0.15, 0.2) is 23.8 Å². The highest BCUT2D eigenvalue weighted by Gasteiger charge is 2.30. The number of aromatic nitrogens is 2. The molecule has 3 nitrogen and oxygen atoms in total. The van der Waals surface area contributed by atoms with E-state index in [1.54, 1.807) is 11.3 Å². The summed E-state index contributed by atoms with van der Waals surface area (Å²) in [7, 11) is 7.83. The first-order valence-electron chi connectivity index (χ1n) is 6.34. The Morgan fingerprint density at radius 1 is 1.32 bits per heavy atom. The lowest BCUT2D eigenvalue weighted by Gasteiger charge is -2.26. The van der Waals surface area contributed by atoms with E-state index in [9.17, 15) is 0 Å². The Labute approximate surface area is 121 Å². The predicted molar refractivity (Wildman–Crippen MR) is 82.8 cm³/mol. The highest BCUT2D eigenvalue weighted by Crippen LogP contribution is 2.40. The second-order valence-corrected chi connectivity index (χ2v) is 7.04. The molecule has 0 bridgehead atoms. The van der Waals surface area contributed by atoms with Gasteiger partial charge in [-0.05, 0) is 18.4 Å². The van der Waals surface area contributed by atoms with Crippen LogP contribution in [-0.4, -0.2) is 30.9 Å². The van der Waals surface area contributed by atoms with Crippen molar-refractivity contribution in [3.63, 3.8) is 0 Å². The second-order valence-electron chi connectivity index (χ2n) is 5.07. The van der Waals surface area contributed by atoms with Gasteiger partial charge in [0, 0.05) is 23.9 Å². The number of rotatable bonds is 2. The van der Waals surface area contributed by atoms with Gasteiger partial charge in [-0.15, -0.1) is 11.3 Å². The summed E-state index contributed by atoms with van der Waals surface area (Å²) in [5, 5.41) is 1.05. The maximum atomic E-state index is 5.69. The molecule has 0 saturated carbocycles. The molecule has 2 aliphatic rings. The van der Waals surface area contributed by atoms with Crippen LogP contribution >= 0.6 is 22.7 Å². The monoisotopic (exact) mass is 285 g/mol. The van der Waals surface area contributed by atoms with Gasteiger partial charge in [-0.1, -0.05) is 29.6 Å². The van der Waals surface area contributed by atoms with E-state index in [-0.39, 0.29) is 0 Å². The molecule has 2 radical (unpaired) electrons. The molecule has 0 spiro atoms. The molecule has 0 amide bonds. The first-order chi connectivity index (χ1) is 9.20. The Hall–Kier alpha value is -1.14. The molecular formula is C13H12BN3S2. The maximum absolute atomic E-state index is 5.69. The van der Waals surface area contributed by atoms with Gasteiger partial charge in [0.1, 0.15) is 0 Å². The zero-order chi connectivity index (χ0) is 13.0. The first-order valence-corrected chi connectivity index (χ1v) is 7.98. The number of thiazole rings is 2. The van der Waals surface area contributed by atoms with E-state index in [1.165, 1.54) is 23.3 Å². The lowest BCUT2D eigenvalue weighted by atomic mass is 10.1. The van der Waals surface area contributed by atoms with Gasteiger partial charge in [0.2, 0.25) is 0 Å². The highest BCUT2D eigenvalue weighted by atomic mass is 32.1. The average Bonchev–Trinajstić information content (AvgIpc) is 2.89. The molecule has 0 aromatic carbocycles. The average molecular weight is 285 g/mol. The van der Waals surface area contributed by atoms with Crippen LogP contribution in [-0.2, 0) is 0 Å². The molecule has 2 aromatic heterocycles. The zero-order valence-corrected chi connectivity index (χ0v) is 12.2. The van der Waals surface area contributed by atoms with Gasteiger partial charge in [-0.3, -0.25) is 0 Å². The standard InChI is InChI=1S/C13H12BN3S2/c1-17(9-4-2-3-7-5-8(7)6-9)13-16-11-10(19-13)15-12(14)18-11/h2-3,5,8-9H,4,6H2,1H3/t8-,9+/m0/s1. The van der Waals surface area contributed by atoms with Crippen molar-refractivity contribution in [3.05, 3.63) is 23.8 Å². The molecule has 0 fully saturated rings. The SMILES string of the molecule is [B]c1nc2sc(N(C)[C@@H]3CC=CC4=C[C@H]4C3)nc2s1. The van der Waals surface area contributed by atoms with Gasteiger partial charge in [0.05, 0.1) is 0 Å². The Balaban J connectivity index is 1.60. The molecule has 2 aliphatic carbocycles. The minimum absolute atomic E-state index is 0.523. The minimum Gasteiger partial charge on any atom is -0.348 e. The number of fused-ring (bicyclic) bond motifs is 2. The fourth-order valence-corrected chi connectivity index (χ4v) is 4.43. The quantitative estimate of drug-likeness (QED) is 0.793. The molecule has 0 aliphatic heterocycles. The lowest BCUT2D eigenvalue weighted by molar-refractivity contribution is 0.568. The van der Waals surface area contributed by atoms with Crippen molar-refractivity contribution in [3.8, 4) is 0 Å². The molecule has 2 atom stereocenters. The molecule has 94 valence electrons. The van der Waals surface area contributed by atoms with Crippen LogP contribution in [0, 0.1) is 5.92 Å². The summed E-state index contributed by atoms with van der Waals surface area (Å²) in [5.74, 6) is 0.695. The van der Waals surface area contributed by atoms with Crippen molar-refractivity contribution in [2.75, 3.05) is 11.9 Å². The van der Waals surface area contributed by atoms with Crippen LogP contribution in [0.1, 0.15) is 12.8 Å². The van der Waals surface area contributed by atoms with Crippen molar-refractivity contribution in [1.82, 2.24) is 9.97 Å². The fraction of sp³-hybridized carbons (Fsp3) is 0.385. The number of hydrogen-bond donors (Lipinski definition) is 0. The summed E-state index contributed by atoms with van der Waals surface area (Å²) < 4.78 is 0. The van der Waals surface area contributed by atoms with Crippen molar-refractivity contribution >= 4 is 50.2 Å². The molecule has 19 heavy (non-hydrogen) atoms. The molecule has 0 unspecified atom stereocenters. The summed E-state index contributed by atoms with van der Waals surface area (Å²) in [6.45, 7) is 0. The van der Waals surface area contributed by atoms with Gasteiger partial charge in [-0.25, -0.2) is 9.97 Å².